The van der Waals surface area contributed by atoms with Crippen molar-refractivity contribution in [3.05, 3.63) is 12.3 Å². The molecule has 1 aromatic heterocycles. The second-order valence-electron chi connectivity index (χ2n) is 4.39. The van der Waals surface area contributed by atoms with Crippen LogP contribution in [-0.4, -0.2) is 40.8 Å². The monoisotopic (exact) mass is 251 g/mol. The average Bonchev–Trinajstić information content (AvgIpc) is 2.37. The van der Waals surface area contributed by atoms with E-state index in [4.69, 9.17) is 10.8 Å². The minimum absolute atomic E-state index is 0.280. The number of nitrogen functional groups attached to an aromatic ring is 1. The average molecular weight is 251 g/mol. The van der Waals surface area contributed by atoms with Gasteiger partial charge < -0.3 is 21.1 Å². The highest BCUT2D eigenvalue weighted by Gasteiger charge is 2.20. The van der Waals surface area contributed by atoms with Gasteiger partial charge in [0.05, 0.1) is 0 Å². The van der Waals surface area contributed by atoms with Crippen LogP contribution in [0.2, 0.25) is 0 Å². The second-order valence-corrected chi connectivity index (χ2v) is 4.39. The van der Waals surface area contributed by atoms with Gasteiger partial charge in [-0.15, -0.1) is 0 Å². The van der Waals surface area contributed by atoms with E-state index in [1.807, 2.05) is 6.07 Å². The van der Waals surface area contributed by atoms with Gasteiger partial charge in [-0.2, -0.15) is 4.98 Å². The van der Waals surface area contributed by atoms with Crippen molar-refractivity contribution in [3.8, 4) is 0 Å². The summed E-state index contributed by atoms with van der Waals surface area (Å²) in [6.07, 6.45) is 2.59. The van der Waals surface area contributed by atoms with E-state index in [0.717, 1.165) is 31.7 Å². The summed E-state index contributed by atoms with van der Waals surface area (Å²) in [5.74, 6) is 1.52. The number of amides is 1. The number of rotatable bonds is 3. The van der Waals surface area contributed by atoms with Crippen molar-refractivity contribution >= 4 is 17.9 Å². The molecular weight excluding hydrogens is 234 g/mol. The molecule has 0 aromatic carbocycles. The van der Waals surface area contributed by atoms with Crippen molar-refractivity contribution in [1.82, 2.24) is 15.3 Å². The number of hydrogen-bond acceptors (Lipinski definition) is 5. The quantitative estimate of drug-likeness (QED) is 0.724. The van der Waals surface area contributed by atoms with Crippen LogP contribution in [0.1, 0.15) is 12.8 Å². The molecule has 0 radical (unpaired) electrons. The summed E-state index contributed by atoms with van der Waals surface area (Å²) in [4.78, 5) is 20.6. The van der Waals surface area contributed by atoms with Crippen LogP contribution in [0.5, 0.6) is 0 Å². The molecule has 0 spiro atoms. The molecule has 1 aliphatic heterocycles. The number of anilines is 2. The van der Waals surface area contributed by atoms with E-state index < -0.39 is 6.09 Å². The summed E-state index contributed by atoms with van der Waals surface area (Å²) in [5.41, 5.74) is 5.55. The molecule has 0 atom stereocenters. The van der Waals surface area contributed by atoms with Crippen molar-refractivity contribution < 1.29 is 9.90 Å². The van der Waals surface area contributed by atoms with Gasteiger partial charge >= 0.3 is 6.09 Å². The van der Waals surface area contributed by atoms with E-state index in [1.165, 1.54) is 0 Å². The number of nitrogens with zero attached hydrogens (tertiary/aromatic N) is 3. The third-order valence-corrected chi connectivity index (χ3v) is 3.14. The lowest BCUT2D eigenvalue weighted by Gasteiger charge is -2.32. The predicted octanol–water partition coefficient (Wildman–Crippen LogP) is 0.543. The smallest absolute Gasteiger partial charge is 0.404 e. The van der Waals surface area contributed by atoms with Crippen molar-refractivity contribution in [1.29, 1.82) is 0 Å². The van der Waals surface area contributed by atoms with Gasteiger partial charge in [-0.1, -0.05) is 0 Å². The number of nitrogens with two attached hydrogens (primary N) is 1. The Morgan fingerprint density at radius 3 is 2.89 bits per heavy atom. The highest BCUT2D eigenvalue weighted by atomic mass is 16.4. The topological polar surface area (TPSA) is 104 Å². The van der Waals surface area contributed by atoms with Crippen molar-refractivity contribution in [2.24, 2.45) is 5.92 Å². The molecule has 1 saturated heterocycles. The van der Waals surface area contributed by atoms with Gasteiger partial charge in [-0.3, -0.25) is 0 Å². The molecule has 2 heterocycles. The summed E-state index contributed by atoms with van der Waals surface area (Å²) in [6, 6.07) is 1.84. The largest absolute Gasteiger partial charge is 0.465 e. The van der Waals surface area contributed by atoms with Crippen LogP contribution < -0.4 is 16.0 Å². The SMILES string of the molecule is Nc1nccc(N2CCC(CNC(=O)O)CC2)n1. The van der Waals surface area contributed by atoms with Crippen molar-refractivity contribution in [2.45, 2.75) is 12.8 Å². The van der Waals surface area contributed by atoms with Gasteiger partial charge in [-0.25, -0.2) is 9.78 Å². The zero-order chi connectivity index (χ0) is 13.0. The second kappa shape index (κ2) is 5.52. The minimum Gasteiger partial charge on any atom is -0.465 e. The molecule has 0 aliphatic carbocycles. The zero-order valence-corrected chi connectivity index (χ0v) is 10.0. The highest BCUT2D eigenvalue weighted by molar-refractivity contribution is 5.64. The van der Waals surface area contributed by atoms with E-state index in [1.54, 1.807) is 6.20 Å². The van der Waals surface area contributed by atoms with Crippen molar-refractivity contribution in [3.63, 3.8) is 0 Å². The fourth-order valence-corrected chi connectivity index (χ4v) is 2.14. The van der Waals surface area contributed by atoms with E-state index in [0.29, 0.717) is 12.5 Å². The van der Waals surface area contributed by atoms with Crippen molar-refractivity contribution in [2.75, 3.05) is 30.3 Å². The van der Waals surface area contributed by atoms with Crippen LogP contribution in [0.15, 0.2) is 12.3 Å². The highest BCUT2D eigenvalue weighted by Crippen LogP contribution is 2.21. The molecule has 7 nitrogen and oxygen atoms in total. The molecular formula is C11H17N5O2. The number of hydrogen-bond donors (Lipinski definition) is 3. The summed E-state index contributed by atoms with van der Waals surface area (Å²) in [7, 11) is 0. The Kier molecular flexibility index (Phi) is 3.81. The lowest BCUT2D eigenvalue weighted by Crippen LogP contribution is -2.38. The van der Waals surface area contributed by atoms with Crippen LogP contribution in [0.3, 0.4) is 0 Å². The Morgan fingerprint density at radius 1 is 1.56 bits per heavy atom. The number of carbonyl (C=O) groups is 1. The molecule has 7 heteroatoms. The van der Waals surface area contributed by atoms with Gasteiger partial charge in [0.2, 0.25) is 5.95 Å². The van der Waals surface area contributed by atoms with Gasteiger partial charge in [0, 0.05) is 25.8 Å². The molecule has 2 rings (SSSR count). The van der Waals surface area contributed by atoms with Crippen LogP contribution in [0.4, 0.5) is 16.6 Å². The van der Waals surface area contributed by atoms with Crippen LogP contribution in [-0.2, 0) is 0 Å². The van der Waals surface area contributed by atoms with Crippen LogP contribution >= 0.6 is 0 Å². The first-order valence-electron chi connectivity index (χ1n) is 5.95. The lowest BCUT2D eigenvalue weighted by atomic mass is 9.97. The molecule has 0 unspecified atom stereocenters. The Labute approximate surface area is 105 Å². The van der Waals surface area contributed by atoms with E-state index in [-0.39, 0.29) is 5.95 Å². The maximum Gasteiger partial charge on any atom is 0.404 e. The first kappa shape index (κ1) is 12.4. The van der Waals surface area contributed by atoms with Gasteiger partial charge in [-0.05, 0) is 24.8 Å². The maximum absolute atomic E-state index is 10.4. The fraction of sp³-hybridized carbons (Fsp3) is 0.545. The molecule has 1 fully saturated rings. The van der Waals surface area contributed by atoms with E-state index in [9.17, 15) is 4.79 Å². The molecule has 98 valence electrons. The molecule has 1 amide bonds. The minimum atomic E-state index is -0.957. The molecule has 18 heavy (non-hydrogen) atoms. The summed E-state index contributed by atoms with van der Waals surface area (Å²) in [6.45, 7) is 2.25. The third-order valence-electron chi connectivity index (χ3n) is 3.14. The molecule has 1 aromatic rings. The summed E-state index contributed by atoms with van der Waals surface area (Å²) >= 11 is 0. The predicted molar refractivity (Wildman–Crippen MR) is 67.4 cm³/mol. The number of aromatic nitrogens is 2. The first-order chi connectivity index (χ1) is 8.65. The van der Waals surface area contributed by atoms with Gasteiger partial charge in [0.15, 0.2) is 0 Å². The van der Waals surface area contributed by atoms with Crippen LogP contribution in [0.25, 0.3) is 0 Å². The number of carboxylic acid groups (broad SMARTS) is 1. The normalized spacial score (nSPS) is 16.6. The molecule has 0 bridgehead atoms. The van der Waals surface area contributed by atoms with E-state index >= 15 is 0 Å². The fourth-order valence-electron chi connectivity index (χ4n) is 2.14. The number of nitrogens with one attached hydrogen (secondary N) is 1. The Morgan fingerprint density at radius 2 is 2.28 bits per heavy atom. The zero-order valence-electron chi connectivity index (χ0n) is 10.0. The Balaban J connectivity index is 1.85. The number of piperidine rings is 1. The standard InChI is InChI=1S/C11H17N5O2/c12-10-13-4-1-9(15-10)16-5-2-8(3-6-16)7-14-11(17)18/h1,4,8,14H,2-3,5-7H2,(H,17,18)(H2,12,13,15). The van der Waals surface area contributed by atoms with E-state index in [2.05, 4.69) is 20.2 Å². The summed E-state index contributed by atoms with van der Waals surface area (Å²) < 4.78 is 0. The maximum atomic E-state index is 10.4. The Hall–Kier alpha value is -2.05. The molecule has 1 aliphatic rings. The first-order valence-corrected chi connectivity index (χ1v) is 5.95. The molecule has 0 saturated carbocycles. The van der Waals surface area contributed by atoms with Gasteiger partial charge in [0.1, 0.15) is 5.82 Å². The van der Waals surface area contributed by atoms with Gasteiger partial charge in [0.25, 0.3) is 0 Å². The molecule has 4 N–H and O–H groups in total. The summed E-state index contributed by atoms with van der Waals surface area (Å²) in [5, 5.41) is 11.0. The lowest BCUT2D eigenvalue weighted by molar-refractivity contribution is 0.191. The third kappa shape index (κ3) is 3.22. The Bertz CT molecular complexity index is 418. The van der Waals surface area contributed by atoms with Crippen LogP contribution in [0, 0.1) is 5.92 Å².